The van der Waals surface area contributed by atoms with E-state index >= 15 is 0 Å². The van der Waals surface area contributed by atoms with Crippen molar-refractivity contribution in [3.05, 3.63) is 65.9 Å². The van der Waals surface area contributed by atoms with E-state index in [9.17, 15) is 14.0 Å². The van der Waals surface area contributed by atoms with Gasteiger partial charge in [-0.2, -0.15) is 4.68 Å². The van der Waals surface area contributed by atoms with Crippen molar-refractivity contribution >= 4 is 17.5 Å². The van der Waals surface area contributed by atoms with E-state index in [1.165, 1.54) is 23.7 Å². The molecule has 3 rings (SSSR count). The molecule has 0 unspecified atom stereocenters. The Morgan fingerprint density at radius 1 is 1.11 bits per heavy atom. The SMILES string of the molecule is CC(=O)c1nnn(-c2ccc(F)cc2)c1NCCCNC(=O)c1ccccn1. The molecule has 0 saturated heterocycles. The number of ketones is 1. The maximum Gasteiger partial charge on any atom is 0.269 e. The molecule has 8 nitrogen and oxygen atoms in total. The third-order valence-corrected chi connectivity index (χ3v) is 3.90. The molecule has 0 aliphatic heterocycles. The number of hydrogen-bond acceptors (Lipinski definition) is 6. The van der Waals surface area contributed by atoms with Gasteiger partial charge in [0.15, 0.2) is 17.3 Å². The van der Waals surface area contributed by atoms with Crippen LogP contribution in [0.3, 0.4) is 0 Å². The number of Topliss-reactive ketones (excluding diaryl/α,β-unsaturated/α-hetero) is 1. The van der Waals surface area contributed by atoms with E-state index in [4.69, 9.17) is 0 Å². The van der Waals surface area contributed by atoms with Gasteiger partial charge in [-0.05, 0) is 42.8 Å². The van der Waals surface area contributed by atoms with Crippen LogP contribution in [0.2, 0.25) is 0 Å². The molecule has 28 heavy (non-hydrogen) atoms. The second kappa shape index (κ2) is 8.85. The first-order valence-corrected chi connectivity index (χ1v) is 8.72. The summed E-state index contributed by atoms with van der Waals surface area (Å²) in [4.78, 5) is 27.8. The highest BCUT2D eigenvalue weighted by Crippen LogP contribution is 2.19. The van der Waals surface area contributed by atoms with Crippen LogP contribution in [-0.4, -0.2) is 44.8 Å². The molecule has 0 saturated carbocycles. The molecule has 0 aliphatic carbocycles. The molecule has 0 atom stereocenters. The summed E-state index contributed by atoms with van der Waals surface area (Å²) < 4.78 is 14.6. The predicted molar refractivity (Wildman–Crippen MR) is 101 cm³/mol. The molecule has 144 valence electrons. The van der Waals surface area contributed by atoms with Crippen molar-refractivity contribution in [1.29, 1.82) is 0 Å². The number of amides is 1. The van der Waals surface area contributed by atoms with Gasteiger partial charge < -0.3 is 10.6 Å². The second-order valence-corrected chi connectivity index (χ2v) is 5.98. The Bertz CT molecular complexity index is 956. The van der Waals surface area contributed by atoms with Crippen LogP contribution in [0.15, 0.2) is 48.7 Å². The summed E-state index contributed by atoms with van der Waals surface area (Å²) in [5, 5.41) is 13.8. The Hall–Kier alpha value is -3.62. The van der Waals surface area contributed by atoms with Crippen LogP contribution in [-0.2, 0) is 0 Å². The monoisotopic (exact) mass is 382 g/mol. The third-order valence-electron chi connectivity index (χ3n) is 3.90. The zero-order chi connectivity index (χ0) is 19.9. The zero-order valence-electron chi connectivity index (χ0n) is 15.2. The highest BCUT2D eigenvalue weighted by molar-refractivity contribution is 5.96. The van der Waals surface area contributed by atoms with Gasteiger partial charge in [0, 0.05) is 26.2 Å². The molecular formula is C19H19FN6O2. The lowest BCUT2D eigenvalue weighted by atomic mass is 10.2. The first-order chi connectivity index (χ1) is 13.6. The smallest absolute Gasteiger partial charge is 0.269 e. The molecule has 2 heterocycles. The van der Waals surface area contributed by atoms with Gasteiger partial charge in [-0.15, -0.1) is 5.10 Å². The van der Waals surface area contributed by atoms with Crippen LogP contribution in [0, 0.1) is 5.82 Å². The highest BCUT2D eigenvalue weighted by Gasteiger charge is 2.17. The number of rotatable bonds is 8. The molecule has 2 aromatic heterocycles. The number of benzene rings is 1. The summed E-state index contributed by atoms with van der Waals surface area (Å²) in [6.07, 6.45) is 2.16. The molecule has 0 aliphatic rings. The van der Waals surface area contributed by atoms with Crippen LogP contribution in [0.25, 0.3) is 5.69 Å². The predicted octanol–water partition coefficient (Wildman–Crippen LogP) is 2.24. The summed E-state index contributed by atoms with van der Waals surface area (Å²) in [6, 6.07) is 10.8. The van der Waals surface area contributed by atoms with Crippen molar-refractivity contribution in [2.45, 2.75) is 13.3 Å². The van der Waals surface area contributed by atoms with Crippen LogP contribution in [0.1, 0.15) is 34.3 Å². The number of carbonyl (C=O) groups is 2. The fraction of sp³-hybridized carbons (Fsp3) is 0.211. The van der Waals surface area contributed by atoms with Crippen molar-refractivity contribution in [1.82, 2.24) is 25.3 Å². The van der Waals surface area contributed by atoms with E-state index in [0.29, 0.717) is 36.7 Å². The largest absolute Gasteiger partial charge is 0.368 e. The molecule has 0 radical (unpaired) electrons. The lowest BCUT2D eigenvalue weighted by molar-refractivity contribution is 0.0947. The minimum Gasteiger partial charge on any atom is -0.368 e. The summed E-state index contributed by atoms with van der Waals surface area (Å²) in [5.41, 5.74) is 1.13. The van der Waals surface area contributed by atoms with E-state index in [0.717, 1.165) is 0 Å². The van der Waals surface area contributed by atoms with E-state index in [-0.39, 0.29) is 23.2 Å². The highest BCUT2D eigenvalue weighted by atomic mass is 19.1. The van der Waals surface area contributed by atoms with Gasteiger partial charge >= 0.3 is 0 Å². The van der Waals surface area contributed by atoms with E-state index in [2.05, 4.69) is 25.9 Å². The normalized spacial score (nSPS) is 10.5. The van der Waals surface area contributed by atoms with Gasteiger partial charge in [-0.25, -0.2) is 4.39 Å². The molecule has 0 spiro atoms. The van der Waals surface area contributed by atoms with E-state index in [1.54, 1.807) is 36.5 Å². The van der Waals surface area contributed by atoms with Crippen molar-refractivity contribution in [3.63, 3.8) is 0 Å². The van der Waals surface area contributed by atoms with E-state index < -0.39 is 0 Å². The van der Waals surface area contributed by atoms with Crippen LogP contribution < -0.4 is 10.6 Å². The lowest BCUT2D eigenvalue weighted by Crippen LogP contribution is -2.26. The number of pyridine rings is 1. The molecule has 0 bridgehead atoms. The molecule has 1 aromatic carbocycles. The number of hydrogen-bond donors (Lipinski definition) is 2. The summed E-state index contributed by atoms with van der Waals surface area (Å²) in [6.45, 7) is 2.30. The number of halogens is 1. The second-order valence-electron chi connectivity index (χ2n) is 5.98. The fourth-order valence-corrected chi connectivity index (χ4v) is 2.53. The van der Waals surface area contributed by atoms with Gasteiger partial charge in [0.2, 0.25) is 0 Å². The first kappa shape index (κ1) is 19.2. The Labute approximate surface area is 160 Å². The molecule has 2 N–H and O–H groups in total. The Morgan fingerprint density at radius 2 is 1.89 bits per heavy atom. The molecule has 3 aromatic rings. The van der Waals surface area contributed by atoms with Crippen LogP contribution in [0.5, 0.6) is 0 Å². The number of anilines is 1. The number of aromatic nitrogens is 4. The number of nitrogens with zero attached hydrogens (tertiary/aromatic N) is 4. The Kier molecular flexibility index (Phi) is 6.05. The maximum atomic E-state index is 13.2. The standard InChI is InChI=1S/C19H19FN6O2/c1-13(27)17-18(26(25-24-17)15-8-6-14(20)7-9-15)22-11-4-12-23-19(28)16-5-2-3-10-21-16/h2-3,5-10,22H,4,11-12H2,1H3,(H,23,28). The number of nitrogens with one attached hydrogen (secondary N) is 2. The maximum absolute atomic E-state index is 13.2. The topological polar surface area (TPSA) is 102 Å². The van der Waals surface area contributed by atoms with Crippen LogP contribution >= 0.6 is 0 Å². The molecular weight excluding hydrogens is 363 g/mol. The van der Waals surface area contributed by atoms with E-state index in [1.807, 2.05) is 0 Å². The summed E-state index contributed by atoms with van der Waals surface area (Å²) in [5.74, 6) is -0.425. The van der Waals surface area contributed by atoms with Crippen molar-refractivity contribution in [3.8, 4) is 5.69 Å². The van der Waals surface area contributed by atoms with Crippen molar-refractivity contribution in [2.75, 3.05) is 18.4 Å². The van der Waals surface area contributed by atoms with Gasteiger partial charge in [0.25, 0.3) is 5.91 Å². The summed E-state index contributed by atoms with van der Waals surface area (Å²) >= 11 is 0. The minimum atomic E-state index is -0.367. The lowest BCUT2D eigenvalue weighted by Gasteiger charge is -2.10. The number of carbonyl (C=O) groups excluding carboxylic acids is 2. The Morgan fingerprint density at radius 3 is 2.57 bits per heavy atom. The first-order valence-electron chi connectivity index (χ1n) is 8.72. The summed E-state index contributed by atoms with van der Waals surface area (Å²) in [7, 11) is 0. The van der Waals surface area contributed by atoms with Crippen LogP contribution in [0.4, 0.5) is 10.2 Å². The van der Waals surface area contributed by atoms with Gasteiger partial charge in [0.1, 0.15) is 11.5 Å². The zero-order valence-corrected chi connectivity index (χ0v) is 15.2. The molecule has 1 amide bonds. The van der Waals surface area contributed by atoms with Gasteiger partial charge in [-0.3, -0.25) is 14.6 Å². The van der Waals surface area contributed by atoms with Crippen molar-refractivity contribution < 1.29 is 14.0 Å². The average Bonchev–Trinajstić information content (AvgIpc) is 3.13. The minimum absolute atomic E-state index is 0.196. The molecule has 9 heteroatoms. The molecule has 0 fully saturated rings. The quantitative estimate of drug-likeness (QED) is 0.458. The average molecular weight is 382 g/mol. The Balaban J connectivity index is 1.60. The van der Waals surface area contributed by atoms with Gasteiger partial charge in [-0.1, -0.05) is 11.3 Å². The third kappa shape index (κ3) is 4.56. The fourth-order valence-electron chi connectivity index (χ4n) is 2.53. The van der Waals surface area contributed by atoms with Gasteiger partial charge in [0.05, 0.1) is 5.69 Å². The van der Waals surface area contributed by atoms with Crippen molar-refractivity contribution in [2.24, 2.45) is 0 Å².